The maximum Gasteiger partial charge on any atom is 0.329 e. The molecule has 0 atom stereocenters. The number of amides is 1. The van der Waals surface area contributed by atoms with E-state index < -0.39 is 16.4 Å². The highest BCUT2D eigenvalue weighted by Crippen LogP contribution is 2.22. The Bertz CT molecular complexity index is 794. The molecule has 0 aliphatic carbocycles. The van der Waals surface area contributed by atoms with E-state index in [-0.39, 0.29) is 18.1 Å². The summed E-state index contributed by atoms with van der Waals surface area (Å²) in [5.41, 5.74) is -0.671. The van der Waals surface area contributed by atoms with Crippen molar-refractivity contribution in [3.63, 3.8) is 0 Å². The van der Waals surface area contributed by atoms with Crippen molar-refractivity contribution in [3.05, 3.63) is 40.6 Å². The van der Waals surface area contributed by atoms with Gasteiger partial charge in [-0.1, -0.05) is 0 Å². The van der Waals surface area contributed by atoms with Crippen molar-refractivity contribution in [3.8, 4) is 0 Å². The maximum absolute atomic E-state index is 12.3. The van der Waals surface area contributed by atoms with E-state index in [1.807, 2.05) is 0 Å². The van der Waals surface area contributed by atoms with Crippen LogP contribution in [-0.4, -0.2) is 44.0 Å². The van der Waals surface area contributed by atoms with E-state index in [1.54, 1.807) is 22.9 Å². The van der Waals surface area contributed by atoms with E-state index >= 15 is 0 Å². The van der Waals surface area contributed by atoms with Gasteiger partial charge in [-0.2, -0.15) is 0 Å². The molecule has 2 rings (SSSR count). The first-order valence-electron chi connectivity index (χ1n) is 6.88. The van der Waals surface area contributed by atoms with Gasteiger partial charge >= 0.3 is 5.97 Å². The van der Waals surface area contributed by atoms with Crippen LogP contribution in [0.25, 0.3) is 10.9 Å². The standard InChI is InChI=1S/C15H17N3O5/c1-15(2,14(20)21)16(3)13(19)9-17-7-6-10-8-11(18(22)23)4-5-12(10)17/h4-8H,9H2,1-3H3,(H,20,21). The van der Waals surface area contributed by atoms with Gasteiger partial charge in [0.2, 0.25) is 5.91 Å². The highest BCUT2D eigenvalue weighted by atomic mass is 16.6. The molecule has 8 heteroatoms. The van der Waals surface area contributed by atoms with E-state index in [2.05, 4.69) is 0 Å². The molecule has 1 aromatic heterocycles. The number of hydrogen-bond donors (Lipinski definition) is 1. The molecular weight excluding hydrogens is 302 g/mol. The lowest BCUT2D eigenvalue weighted by Gasteiger charge is -2.31. The lowest BCUT2D eigenvalue weighted by Crippen LogP contribution is -2.51. The number of carboxylic acids is 1. The van der Waals surface area contributed by atoms with Gasteiger partial charge in [-0.15, -0.1) is 0 Å². The second-order valence-electron chi connectivity index (χ2n) is 5.76. The number of carbonyl (C=O) groups is 2. The Kier molecular flexibility index (Phi) is 4.09. The van der Waals surface area contributed by atoms with E-state index in [0.717, 1.165) is 0 Å². The van der Waals surface area contributed by atoms with Crippen LogP contribution in [0.1, 0.15) is 13.8 Å². The van der Waals surface area contributed by atoms with Gasteiger partial charge < -0.3 is 14.6 Å². The highest BCUT2D eigenvalue weighted by molar-refractivity contribution is 5.88. The fraction of sp³-hybridized carbons (Fsp3) is 0.333. The van der Waals surface area contributed by atoms with Crippen LogP contribution in [-0.2, 0) is 16.1 Å². The van der Waals surface area contributed by atoms with Crippen molar-refractivity contribution in [2.75, 3.05) is 7.05 Å². The number of carbonyl (C=O) groups excluding carboxylic acids is 1. The number of nitrogens with zero attached hydrogens (tertiary/aromatic N) is 3. The van der Waals surface area contributed by atoms with Crippen molar-refractivity contribution in [2.24, 2.45) is 0 Å². The number of carboxylic acid groups (broad SMARTS) is 1. The summed E-state index contributed by atoms with van der Waals surface area (Å²) in [6.45, 7) is 2.85. The number of aliphatic carboxylic acids is 1. The van der Waals surface area contributed by atoms with Crippen molar-refractivity contribution in [1.29, 1.82) is 0 Å². The SMILES string of the molecule is CN(C(=O)Cn1ccc2cc([N+](=O)[O-])ccc21)C(C)(C)C(=O)O. The Balaban J connectivity index is 2.27. The first kappa shape index (κ1) is 16.5. The van der Waals surface area contributed by atoms with Gasteiger partial charge in [0, 0.05) is 36.3 Å². The molecule has 0 radical (unpaired) electrons. The number of aromatic nitrogens is 1. The minimum atomic E-state index is -1.32. The Morgan fingerprint density at radius 3 is 2.57 bits per heavy atom. The van der Waals surface area contributed by atoms with Crippen molar-refractivity contribution in [2.45, 2.75) is 25.9 Å². The molecule has 0 aliphatic rings. The van der Waals surface area contributed by atoms with Crippen LogP contribution in [0, 0.1) is 10.1 Å². The zero-order valence-electron chi connectivity index (χ0n) is 13.0. The molecule has 0 bridgehead atoms. The van der Waals surface area contributed by atoms with Gasteiger partial charge in [0.15, 0.2) is 0 Å². The summed E-state index contributed by atoms with van der Waals surface area (Å²) in [4.78, 5) is 35.0. The average Bonchev–Trinajstić information content (AvgIpc) is 2.88. The van der Waals surface area contributed by atoms with Crippen LogP contribution in [0.4, 0.5) is 5.69 Å². The van der Waals surface area contributed by atoms with Crippen LogP contribution in [0.5, 0.6) is 0 Å². The molecule has 1 amide bonds. The summed E-state index contributed by atoms with van der Waals surface area (Å²) in [7, 11) is 1.44. The molecule has 1 aromatic carbocycles. The molecular formula is C15H17N3O5. The Morgan fingerprint density at radius 1 is 1.35 bits per heavy atom. The van der Waals surface area contributed by atoms with Crippen molar-refractivity contribution in [1.82, 2.24) is 9.47 Å². The number of fused-ring (bicyclic) bond motifs is 1. The predicted octanol–water partition coefficient (Wildman–Crippen LogP) is 1.87. The number of hydrogen-bond acceptors (Lipinski definition) is 4. The predicted molar refractivity (Wildman–Crippen MR) is 83.1 cm³/mol. The third kappa shape index (κ3) is 3.01. The van der Waals surface area contributed by atoms with E-state index in [9.17, 15) is 24.8 Å². The fourth-order valence-electron chi connectivity index (χ4n) is 2.15. The molecule has 122 valence electrons. The normalized spacial score (nSPS) is 11.4. The summed E-state index contributed by atoms with van der Waals surface area (Å²) < 4.78 is 1.63. The molecule has 0 saturated carbocycles. The minimum absolute atomic E-state index is 0.0225. The lowest BCUT2D eigenvalue weighted by molar-refractivity contribution is -0.384. The highest BCUT2D eigenvalue weighted by Gasteiger charge is 2.35. The molecule has 0 fully saturated rings. The van der Waals surface area contributed by atoms with Crippen LogP contribution < -0.4 is 0 Å². The van der Waals surface area contributed by atoms with Crippen LogP contribution in [0.2, 0.25) is 0 Å². The molecule has 1 heterocycles. The molecule has 1 N–H and O–H groups in total. The van der Waals surface area contributed by atoms with Gasteiger partial charge in [-0.3, -0.25) is 14.9 Å². The maximum atomic E-state index is 12.3. The number of non-ortho nitro benzene ring substituents is 1. The summed E-state index contributed by atoms with van der Waals surface area (Å²) in [6.07, 6.45) is 1.65. The first-order chi connectivity index (χ1) is 10.6. The van der Waals surface area contributed by atoms with Crippen LogP contribution in [0.3, 0.4) is 0 Å². The fourth-order valence-corrected chi connectivity index (χ4v) is 2.15. The largest absolute Gasteiger partial charge is 0.480 e. The van der Waals surface area contributed by atoms with Gasteiger partial charge in [0.25, 0.3) is 5.69 Å². The third-order valence-electron chi connectivity index (χ3n) is 4.01. The molecule has 2 aromatic rings. The van der Waals surface area contributed by atoms with E-state index in [1.165, 1.54) is 37.9 Å². The Hall–Kier alpha value is -2.90. The summed E-state index contributed by atoms with van der Waals surface area (Å²) >= 11 is 0. The molecule has 0 saturated heterocycles. The first-order valence-corrected chi connectivity index (χ1v) is 6.88. The van der Waals surface area contributed by atoms with Gasteiger partial charge in [-0.05, 0) is 26.0 Å². The Morgan fingerprint density at radius 2 is 2.00 bits per heavy atom. The average molecular weight is 319 g/mol. The molecule has 23 heavy (non-hydrogen) atoms. The summed E-state index contributed by atoms with van der Waals surface area (Å²) in [5.74, 6) is -1.46. The van der Waals surface area contributed by atoms with Gasteiger partial charge in [0.1, 0.15) is 12.1 Å². The molecule has 0 spiro atoms. The second kappa shape index (κ2) is 5.71. The minimum Gasteiger partial charge on any atom is -0.480 e. The topological polar surface area (TPSA) is 106 Å². The number of nitro benzene ring substituents is 1. The third-order valence-corrected chi connectivity index (χ3v) is 4.01. The monoisotopic (exact) mass is 319 g/mol. The lowest BCUT2D eigenvalue weighted by atomic mass is 10.0. The quantitative estimate of drug-likeness (QED) is 0.669. The second-order valence-corrected chi connectivity index (χ2v) is 5.76. The van der Waals surface area contributed by atoms with E-state index in [0.29, 0.717) is 10.9 Å². The molecule has 0 aliphatic heterocycles. The summed E-state index contributed by atoms with van der Waals surface area (Å²) in [5, 5.41) is 20.6. The number of rotatable bonds is 5. The van der Waals surface area contributed by atoms with Crippen molar-refractivity contribution < 1.29 is 19.6 Å². The zero-order chi connectivity index (χ0) is 17.4. The van der Waals surface area contributed by atoms with Crippen LogP contribution >= 0.6 is 0 Å². The van der Waals surface area contributed by atoms with E-state index in [4.69, 9.17) is 0 Å². The summed E-state index contributed by atoms with van der Waals surface area (Å²) in [6, 6.07) is 6.05. The van der Waals surface area contributed by atoms with Crippen molar-refractivity contribution >= 4 is 28.5 Å². The van der Waals surface area contributed by atoms with Gasteiger partial charge in [0.05, 0.1) is 4.92 Å². The number of benzene rings is 1. The Labute approximate surface area is 132 Å². The number of nitro groups is 1. The van der Waals surface area contributed by atoms with Crippen LogP contribution in [0.15, 0.2) is 30.5 Å². The smallest absolute Gasteiger partial charge is 0.329 e. The zero-order valence-corrected chi connectivity index (χ0v) is 13.0. The van der Waals surface area contributed by atoms with Gasteiger partial charge in [-0.25, -0.2) is 4.79 Å². The molecule has 0 unspecified atom stereocenters. The molecule has 8 nitrogen and oxygen atoms in total. The number of likely N-dealkylation sites (N-methyl/N-ethyl adjacent to an activating group) is 1.